The number of ether oxygens (including phenoxy) is 2. The van der Waals surface area contributed by atoms with Gasteiger partial charge in [0.15, 0.2) is 5.78 Å². The van der Waals surface area contributed by atoms with Crippen LogP contribution in [0.15, 0.2) is 0 Å². The summed E-state index contributed by atoms with van der Waals surface area (Å²) >= 11 is 0. The Morgan fingerprint density at radius 3 is 2.83 bits per heavy atom. The van der Waals surface area contributed by atoms with Crippen LogP contribution in [0.1, 0.15) is 13.3 Å². The number of ketones is 1. The summed E-state index contributed by atoms with van der Waals surface area (Å²) in [6.45, 7) is 2.12. The number of methoxy groups -OCH3 is 1. The van der Waals surface area contributed by atoms with Crippen molar-refractivity contribution in [2.45, 2.75) is 19.4 Å². The van der Waals surface area contributed by atoms with E-state index >= 15 is 0 Å². The maximum absolute atomic E-state index is 11.2. The maximum Gasteiger partial charge on any atom is 0.318 e. The zero-order chi connectivity index (χ0) is 9.14. The van der Waals surface area contributed by atoms with Gasteiger partial charge in [-0.1, -0.05) is 0 Å². The van der Waals surface area contributed by atoms with E-state index in [-0.39, 0.29) is 11.9 Å². The third kappa shape index (κ3) is 1.64. The predicted octanol–water partition coefficient (Wildman–Crippen LogP) is 0.153. The van der Waals surface area contributed by atoms with Gasteiger partial charge in [-0.25, -0.2) is 0 Å². The molecule has 0 aromatic rings. The lowest BCUT2D eigenvalue weighted by atomic mass is 9.94. The minimum Gasteiger partial charge on any atom is -0.468 e. The van der Waals surface area contributed by atoms with Crippen LogP contribution in [-0.2, 0) is 19.1 Å². The van der Waals surface area contributed by atoms with Gasteiger partial charge >= 0.3 is 5.97 Å². The number of esters is 1. The van der Waals surface area contributed by atoms with Crippen molar-refractivity contribution in [3.63, 3.8) is 0 Å². The van der Waals surface area contributed by atoms with Crippen LogP contribution in [0.4, 0.5) is 0 Å². The van der Waals surface area contributed by atoms with E-state index < -0.39 is 11.9 Å². The Bertz CT molecular complexity index is 191. The average molecular weight is 172 g/mol. The molecule has 0 bridgehead atoms. The number of hydrogen-bond acceptors (Lipinski definition) is 4. The third-order valence-corrected chi connectivity index (χ3v) is 2.00. The summed E-state index contributed by atoms with van der Waals surface area (Å²) in [5.74, 6) is -1.29. The van der Waals surface area contributed by atoms with Crippen LogP contribution >= 0.6 is 0 Å². The Hall–Kier alpha value is -0.900. The molecule has 1 fully saturated rings. The van der Waals surface area contributed by atoms with Gasteiger partial charge in [-0.2, -0.15) is 0 Å². The van der Waals surface area contributed by atoms with Crippen LogP contribution in [0.3, 0.4) is 0 Å². The van der Waals surface area contributed by atoms with E-state index in [2.05, 4.69) is 4.74 Å². The monoisotopic (exact) mass is 172 g/mol. The van der Waals surface area contributed by atoms with Crippen LogP contribution in [0, 0.1) is 5.92 Å². The van der Waals surface area contributed by atoms with Crippen LogP contribution in [-0.4, -0.2) is 31.6 Å². The molecule has 4 nitrogen and oxygen atoms in total. The van der Waals surface area contributed by atoms with Crippen molar-refractivity contribution < 1.29 is 19.1 Å². The summed E-state index contributed by atoms with van der Waals surface area (Å²) < 4.78 is 9.65. The zero-order valence-corrected chi connectivity index (χ0v) is 7.20. The van der Waals surface area contributed by atoms with Crippen LogP contribution in [0.2, 0.25) is 0 Å². The van der Waals surface area contributed by atoms with Crippen LogP contribution < -0.4 is 0 Å². The minimum absolute atomic E-state index is 0.0828. The fraction of sp³-hybridized carbons (Fsp3) is 0.750. The van der Waals surface area contributed by atoms with Crippen molar-refractivity contribution in [2.75, 3.05) is 13.7 Å². The van der Waals surface area contributed by atoms with Crippen LogP contribution in [0.5, 0.6) is 0 Å². The molecule has 0 radical (unpaired) electrons. The first-order valence-electron chi connectivity index (χ1n) is 3.89. The first-order chi connectivity index (χ1) is 5.66. The number of Topliss-reactive ketones (excluding diaryl/α,β-unsaturated/α-hetero) is 1. The molecule has 0 unspecified atom stereocenters. The molecular weight excluding hydrogens is 160 g/mol. The summed E-state index contributed by atoms with van der Waals surface area (Å²) in [6, 6.07) is 0. The Kier molecular flexibility index (Phi) is 2.81. The fourth-order valence-corrected chi connectivity index (χ4v) is 1.31. The predicted molar refractivity (Wildman–Crippen MR) is 40.5 cm³/mol. The van der Waals surface area contributed by atoms with Crippen molar-refractivity contribution in [1.29, 1.82) is 0 Å². The highest BCUT2D eigenvalue weighted by atomic mass is 16.5. The smallest absolute Gasteiger partial charge is 0.318 e. The first-order valence-corrected chi connectivity index (χ1v) is 3.89. The third-order valence-electron chi connectivity index (χ3n) is 2.00. The fourth-order valence-electron chi connectivity index (χ4n) is 1.31. The molecule has 2 atom stereocenters. The molecule has 0 aliphatic carbocycles. The highest BCUT2D eigenvalue weighted by molar-refractivity contribution is 6.00. The van der Waals surface area contributed by atoms with E-state index in [9.17, 15) is 9.59 Å². The zero-order valence-electron chi connectivity index (χ0n) is 7.20. The first kappa shape index (κ1) is 9.19. The van der Waals surface area contributed by atoms with E-state index in [0.29, 0.717) is 13.0 Å². The van der Waals surface area contributed by atoms with Gasteiger partial charge in [-0.05, 0) is 6.92 Å². The molecule has 0 N–H and O–H groups in total. The molecule has 0 aromatic carbocycles. The summed E-state index contributed by atoms with van der Waals surface area (Å²) in [5.41, 5.74) is 0. The van der Waals surface area contributed by atoms with Crippen molar-refractivity contribution >= 4 is 11.8 Å². The second-order valence-corrected chi connectivity index (χ2v) is 2.79. The molecule has 0 saturated carbocycles. The molecule has 0 amide bonds. The molecular formula is C8H12O4. The van der Waals surface area contributed by atoms with E-state index in [1.807, 2.05) is 0 Å². The van der Waals surface area contributed by atoms with Gasteiger partial charge in [-0.3, -0.25) is 9.59 Å². The Labute approximate surface area is 70.8 Å². The SMILES string of the molecule is COC(=O)[C@H]1C(=O)CCO[C@H]1C. The minimum atomic E-state index is -0.719. The molecule has 12 heavy (non-hydrogen) atoms. The summed E-state index contributed by atoms with van der Waals surface area (Å²) in [6.07, 6.45) is -0.0388. The van der Waals surface area contributed by atoms with Crippen molar-refractivity contribution in [3.8, 4) is 0 Å². The molecule has 68 valence electrons. The number of carbonyl (C=O) groups excluding carboxylic acids is 2. The topological polar surface area (TPSA) is 52.6 Å². The Morgan fingerprint density at radius 1 is 1.67 bits per heavy atom. The molecule has 0 aromatic heterocycles. The van der Waals surface area contributed by atoms with E-state index in [4.69, 9.17) is 4.74 Å². The van der Waals surface area contributed by atoms with Gasteiger partial charge in [0.2, 0.25) is 0 Å². The highest BCUT2D eigenvalue weighted by Crippen LogP contribution is 2.18. The molecule has 1 aliphatic rings. The summed E-state index contributed by atoms with van der Waals surface area (Å²) in [7, 11) is 1.27. The molecule has 4 heteroatoms. The molecule has 1 saturated heterocycles. The van der Waals surface area contributed by atoms with Crippen molar-refractivity contribution in [1.82, 2.24) is 0 Å². The summed E-state index contributed by atoms with van der Waals surface area (Å²) in [5, 5.41) is 0. The molecule has 1 aliphatic heterocycles. The van der Waals surface area contributed by atoms with Crippen LogP contribution in [0.25, 0.3) is 0 Å². The lowest BCUT2D eigenvalue weighted by Crippen LogP contribution is -2.40. The largest absolute Gasteiger partial charge is 0.468 e. The Morgan fingerprint density at radius 2 is 2.33 bits per heavy atom. The van der Waals surface area contributed by atoms with Gasteiger partial charge in [0.1, 0.15) is 5.92 Å². The standard InChI is InChI=1S/C8H12O4/c1-5-7(8(10)11-2)6(9)3-4-12-5/h5,7H,3-4H2,1-2H3/t5-,7+/m0/s1. The van der Waals surface area contributed by atoms with E-state index in [0.717, 1.165) is 0 Å². The van der Waals surface area contributed by atoms with Gasteiger partial charge in [0.05, 0.1) is 19.8 Å². The number of hydrogen-bond donors (Lipinski definition) is 0. The molecule has 1 rings (SSSR count). The van der Waals surface area contributed by atoms with E-state index in [1.54, 1.807) is 6.92 Å². The highest BCUT2D eigenvalue weighted by Gasteiger charge is 2.36. The van der Waals surface area contributed by atoms with Gasteiger partial charge in [0.25, 0.3) is 0 Å². The lowest BCUT2D eigenvalue weighted by molar-refractivity contribution is -0.160. The second kappa shape index (κ2) is 3.67. The van der Waals surface area contributed by atoms with Gasteiger partial charge in [-0.15, -0.1) is 0 Å². The van der Waals surface area contributed by atoms with Gasteiger partial charge < -0.3 is 9.47 Å². The maximum atomic E-state index is 11.2. The molecule has 0 spiro atoms. The molecule has 1 heterocycles. The second-order valence-electron chi connectivity index (χ2n) is 2.79. The van der Waals surface area contributed by atoms with Gasteiger partial charge in [0, 0.05) is 6.42 Å². The number of rotatable bonds is 1. The normalized spacial score (nSPS) is 30.0. The van der Waals surface area contributed by atoms with Crippen molar-refractivity contribution in [2.24, 2.45) is 5.92 Å². The van der Waals surface area contributed by atoms with Crippen molar-refractivity contribution in [3.05, 3.63) is 0 Å². The Balaban J connectivity index is 2.69. The number of carbonyl (C=O) groups is 2. The lowest BCUT2D eigenvalue weighted by Gasteiger charge is -2.25. The average Bonchev–Trinajstić information content (AvgIpc) is 2.03. The van der Waals surface area contributed by atoms with E-state index in [1.165, 1.54) is 7.11 Å². The summed E-state index contributed by atoms with van der Waals surface area (Å²) in [4.78, 5) is 22.3. The quantitative estimate of drug-likeness (QED) is 0.417.